The van der Waals surface area contributed by atoms with E-state index in [9.17, 15) is 14.7 Å². The van der Waals surface area contributed by atoms with Gasteiger partial charge in [0.1, 0.15) is 6.10 Å². The summed E-state index contributed by atoms with van der Waals surface area (Å²) in [5, 5.41) is 12.8. The summed E-state index contributed by atoms with van der Waals surface area (Å²) in [6.45, 7) is 4.12. The average Bonchev–Trinajstić information content (AvgIpc) is 3.56. The largest absolute Gasteiger partial charge is 0.366 e. The Kier molecular flexibility index (Phi) is 7.79. The smallest absolute Gasteiger partial charge is 0.282 e. The van der Waals surface area contributed by atoms with Crippen molar-refractivity contribution in [3.63, 3.8) is 0 Å². The highest BCUT2D eigenvalue weighted by molar-refractivity contribution is 5.94. The topological polar surface area (TPSA) is 100.0 Å². The second-order valence-electron chi connectivity index (χ2n) is 12.8. The normalized spacial score (nSPS) is 30.7. The van der Waals surface area contributed by atoms with Crippen molar-refractivity contribution >= 4 is 16.9 Å². The zero-order chi connectivity index (χ0) is 27.1. The number of para-hydroxylation sites is 2. The minimum atomic E-state index is -0.867. The average molecular weight is 537 g/mol. The molecule has 3 aliphatic heterocycles. The van der Waals surface area contributed by atoms with Gasteiger partial charge < -0.3 is 19.7 Å². The van der Waals surface area contributed by atoms with Gasteiger partial charge in [-0.1, -0.05) is 58.1 Å². The van der Waals surface area contributed by atoms with Gasteiger partial charge in [0.05, 0.1) is 17.1 Å². The minimum absolute atomic E-state index is 0.0549. The first-order valence-electron chi connectivity index (χ1n) is 15.3. The second kappa shape index (κ2) is 11.3. The fourth-order valence-electron chi connectivity index (χ4n) is 7.82. The van der Waals surface area contributed by atoms with Gasteiger partial charge in [0.25, 0.3) is 11.5 Å². The Labute approximate surface area is 231 Å². The highest BCUT2D eigenvalue weighted by Crippen LogP contribution is 2.44. The van der Waals surface area contributed by atoms with Crippen molar-refractivity contribution in [2.24, 2.45) is 5.92 Å². The van der Waals surface area contributed by atoms with E-state index in [0.29, 0.717) is 36.0 Å². The third-order valence-corrected chi connectivity index (χ3v) is 9.58. The molecular formula is C31H44N4O4. The summed E-state index contributed by atoms with van der Waals surface area (Å²) >= 11 is 0. The summed E-state index contributed by atoms with van der Waals surface area (Å²) in [5.74, 6) is -0.186. The Hall–Kier alpha value is -2.29. The van der Waals surface area contributed by atoms with Crippen LogP contribution in [0.1, 0.15) is 107 Å². The third-order valence-electron chi connectivity index (χ3n) is 9.58. The van der Waals surface area contributed by atoms with Gasteiger partial charge in [-0.15, -0.1) is 0 Å². The maximum absolute atomic E-state index is 14.0. The predicted molar refractivity (Wildman–Crippen MR) is 151 cm³/mol. The molecule has 1 amide bonds. The molecule has 2 N–H and O–H groups in total. The lowest BCUT2D eigenvalue weighted by molar-refractivity contribution is 0.0497. The van der Waals surface area contributed by atoms with Gasteiger partial charge in [-0.2, -0.15) is 0 Å². The molecule has 1 aromatic carbocycles. The van der Waals surface area contributed by atoms with E-state index in [0.717, 1.165) is 18.4 Å². The first kappa shape index (κ1) is 26.9. The molecule has 1 saturated carbocycles. The highest BCUT2D eigenvalue weighted by atomic mass is 16.7. The van der Waals surface area contributed by atoms with Gasteiger partial charge in [-0.3, -0.25) is 14.5 Å². The van der Waals surface area contributed by atoms with E-state index in [-0.39, 0.29) is 23.3 Å². The van der Waals surface area contributed by atoms with Gasteiger partial charge >= 0.3 is 0 Å². The monoisotopic (exact) mass is 536 g/mol. The summed E-state index contributed by atoms with van der Waals surface area (Å²) < 4.78 is 7.16. The number of aromatic nitrogens is 2. The van der Waals surface area contributed by atoms with Crippen LogP contribution in [0.5, 0.6) is 0 Å². The zero-order valence-corrected chi connectivity index (χ0v) is 23.4. The lowest BCUT2D eigenvalue weighted by atomic mass is 9.89. The number of aliphatic hydroxyl groups excluding tert-OH is 1. The molecule has 39 heavy (non-hydrogen) atoms. The van der Waals surface area contributed by atoms with Crippen LogP contribution in [0.25, 0.3) is 11.0 Å². The first-order valence-corrected chi connectivity index (χ1v) is 15.3. The Balaban J connectivity index is 1.28. The molecule has 2 aromatic rings. The fraction of sp³-hybridized carbons (Fsp3) is 0.710. The molecule has 1 aromatic heterocycles. The number of benzene rings is 1. The first-order chi connectivity index (χ1) is 18.9. The van der Waals surface area contributed by atoms with Crippen LogP contribution in [0, 0.1) is 5.92 Å². The van der Waals surface area contributed by atoms with Gasteiger partial charge in [-0.05, 0) is 63.0 Å². The second-order valence-corrected chi connectivity index (χ2v) is 12.8. The van der Waals surface area contributed by atoms with Crippen LogP contribution < -0.4 is 10.9 Å². The van der Waals surface area contributed by atoms with E-state index in [1.54, 1.807) is 0 Å². The summed E-state index contributed by atoms with van der Waals surface area (Å²) in [6, 6.07) is 9.07. The quantitative estimate of drug-likeness (QED) is 0.504. The van der Waals surface area contributed by atoms with E-state index in [4.69, 9.17) is 4.74 Å². The third kappa shape index (κ3) is 5.52. The maximum atomic E-state index is 14.0. The molecular weight excluding hydrogens is 492 g/mol. The van der Waals surface area contributed by atoms with Gasteiger partial charge in [0.15, 0.2) is 12.0 Å². The molecule has 1 aliphatic carbocycles. The molecule has 3 saturated heterocycles. The maximum Gasteiger partial charge on any atom is 0.282 e. The molecule has 4 heterocycles. The van der Waals surface area contributed by atoms with Crippen LogP contribution in [-0.4, -0.2) is 62.0 Å². The Morgan fingerprint density at radius 2 is 1.64 bits per heavy atom. The number of nitrogens with zero attached hydrogens (tertiary/aromatic N) is 3. The zero-order valence-electron chi connectivity index (χ0n) is 23.4. The number of rotatable bonds is 7. The number of carbonyl (C=O) groups excluding carboxylic acids is 1. The predicted octanol–water partition coefficient (Wildman–Crippen LogP) is 4.54. The fourth-order valence-corrected chi connectivity index (χ4v) is 7.82. The van der Waals surface area contributed by atoms with Gasteiger partial charge in [0, 0.05) is 24.2 Å². The number of piperidine rings is 1. The molecule has 0 radical (unpaired) electrons. The van der Waals surface area contributed by atoms with Crippen LogP contribution in [-0.2, 0) is 4.74 Å². The molecule has 4 aliphatic rings. The molecule has 2 bridgehead atoms. The van der Waals surface area contributed by atoms with Crippen LogP contribution >= 0.6 is 0 Å². The van der Waals surface area contributed by atoms with Gasteiger partial charge in [-0.25, -0.2) is 4.98 Å². The van der Waals surface area contributed by atoms with Crippen molar-refractivity contribution in [3.05, 3.63) is 40.3 Å². The number of carbonyl (C=O) groups is 1. The molecule has 4 fully saturated rings. The molecule has 8 nitrogen and oxygen atoms in total. The number of fused-ring (bicyclic) bond motifs is 3. The van der Waals surface area contributed by atoms with E-state index in [2.05, 4.69) is 29.0 Å². The van der Waals surface area contributed by atoms with Crippen LogP contribution in [0.4, 0.5) is 0 Å². The van der Waals surface area contributed by atoms with E-state index < -0.39 is 18.3 Å². The lowest BCUT2D eigenvalue weighted by Gasteiger charge is -2.45. The van der Waals surface area contributed by atoms with E-state index in [1.165, 1.54) is 57.8 Å². The van der Waals surface area contributed by atoms with Crippen LogP contribution in [0.2, 0.25) is 0 Å². The van der Waals surface area contributed by atoms with Crippen molar-refractivity contribution in [2.45, 2.75) is 134 Å². The minimum Gasteiger partial charge on any atom is -0.366 e. The van der Waals surface area contributed by atoms with Crippen molar-refractivity contribution in [1.82, 2.24) is 19.8 Å². The number of amides is 1. The number of hydrogen-bond donors (Lipinski definition) is 2. The van der Waals surface area contributed by atoms with Crippen LogP contribution in [0.3, 0.4) is 0 Å². The van der Waals surface area contributed by atoms with Crippen molar-refractivity contribution in [3.8, 4) is 0 Å². The highest BCUT2D eigenvalue weighted by Gasteiger charge is 2.46. The summed E-state index contributed by atoms with van der Waals surface area (Å²) in [7, 11) is 0. The summed E-state index contributed by atoms with van der Waals surface area (Å²) in [4.78, 5) is 34.9. The molecule has 6 atom stereocenters. The summed E-state index contributed by atoms with van der Waals surface area (Å²) in [5.41, 5.74) is 1.10. The lowest BCUT2D eigenvalue weighted by Crippen LogP contribution is -2.50. The van der Waals surface area contributed by atoms with Crippen LogP contribution in [0.15, 0.2) is 29.1 Å². The van der Waals surface area contributed by atoms with E-state index >= 15 is 0 Å². The number of ether oxygens (including phenoxy) is 1. The number of nitrogens with one attached hydrogen (secondary N) is 1. The number of hydrogen-bond acceptors (Lipinski definition) is 6. The summed E-state index contributed by atoms with van der Waals surface area (Å²) in [6.07, 6.45) is 13.0. The number of aliphatic hydroxyl groups is 1. The number of epoxide rings is 1. The Bertz CT molecular complexity index is 1220. The van der Waals surface area contributed by atoms with E-state index in [1.807, 2.05) is 28.8 Å². The van der Waals surface area contributed by atoms with Crippen molar-refractivity contribution < 1.29 is 14.6 Å². The van der Waals surface area contributed by atoms with Crippen molar-refractivity contribution in [1.29, 1.82) is 0 Å². The standard InChI is InChI=1S/C31H44N4O4/c1-19(2)16-25(28-31(38)39-28)33-29(36)27-30(37)35(26-13-9-8-12-24(26)32-27)23-17-21-14-15-22(18-23)34(21)20-10-6-4-3-5-7-11-20/h8-9,12-13,19-23,25,28,31,38H,3-7,10-11,14-18H2,1-2H3,(H,33,36)/t21-,22+,23?,25?,28?,31?. The Morgan fingerprint density at radius 3 is 2.28 bits per heavy atom. The van der Waals surface area contributed by atoms with Gasteiger partial charge in [0.2, 0.25) is 0 Å². The molecule has 0 spiro atoms. The molecule has 4 unspecified atom stereocenters. The molecule has 8 heteroatoms. The molecule has 6 rings (SSSR count). The molecule has 212 valence electrons. The SMILES string of the molecule is CC(C)CC(NC(=O)c1nc2ccccc2n(C2C[C@H]3CC[C@@H](C2)N3C2CCCCCCC2)c1=O)C1OC1O. The van der Waals surface area contributed by atoms with Crippen molar-refractivity contribution in [2.75, 3.05) is 0 Å². The Morgan fingerprint density at radius 1 is 1.00 bits per heavy atom.